The molecule has 7 nitrogen and oxygen atoms in total. The Morgan fingerprint density at radius 1 is 1.06 bits per heavy atom. The molecule has 2 aromatic heterocycles. The third kappa shape index (κ3) is 4.13. The van der Waals surface area contributed by atoms with Crippen LogP contribution in [0.2, 0.25) is 0 Å². The number of pyridine rings is 2. The third-order valence-corrected chi connectivity index (χ3v) is 5.11. The van der Waals surface area contributed by atoms with Gasteiger partial charge in [-0.1, -0.05) is 24.8 Å². The molecule has 0 radical (unpaired) electrons. The Labute approximate surface area is 185 Å². The first kappa shape index (κ1) is 21.0. The quantitative estimate of drug-likeness (QED) is 0.268. The van der Waals surface area contributed by atoms with Crippen molar-refractivity contribution in [1.29, 1.82) is 0 Å². The summed E-state index contributed by atoms with van der Waals surface area (Å²) in [5.41, 5.74) is 1.82. The molecule has 1 aliphatic rings. The van der Waals surface area contributed by atoms with Crippen LogP contribution in [0.15, 0.2) is 91.5 Å². The molecule has 3 aromatic rings. The van der Waals surface area contributed by atoms with Gasteiger partial charge in [0.1, 0.15) is 18.1 Å². The highest BCUT2D eigenvalue weighted by Gasteiger charge is 2.46. The predicted octanol–water partition coefficient (Wildman–Crippen LogP) is 3.66. The van der Waals surface area contributed by atoms with E-state index in [1.807, 2.05) is 6.07 Å². The average molecular weight is 427 g/mol. The molecule has 7 heteroatoms. The van der Waals surface area contributed by atoms with Gasteiger partial charge in [0.05, 0.1) is 11.6 Å². The molecule has 1 aromatic carbocycles. The summed E-state index contributed by atoms with van der Waals surface area (Å²) in [7, 11) is 0. The van der Waals surface area contributed by atoms with E-state index in [4.69, 9.17) is 4.74 Å². The first-order valence-electron chi connectivity index (χ1n) is 10.0. The maximum absolute atomic E-state index is 13.0. The molecule has 0 bridgehead atoms. The van der Waals surface area contributed by atoms with Crippen LogP contribution >= 0.6 is 0 Å². The fourth-order valence-corrected chi connectivity index (χ4v) is 3.64. The predicted molar refractivity (Wildman–Crippen MR) is 118 cm³/mol. The molecule has 0 spiro atoms. The summed E-state index contributed by atoms with van der Waals surface area (Å²) in [5, 5.41) is 11.1. The normalized spacial score (nSPS) is 17.4. The lowest BCUT2D eigenvalue weighted by Gasteiger charge is -2.25. The minimum Gasteiger partial charge on any atom is -0.507 e. The van der Waals surface area contributed by atoms with E-state index in [1.165, 1.54) is 4.90 Å². The Hall–Kier alpha value is -4.26. The van der Waals surface area contributed by atoms with Gasteiger partial charge >= 0.3 is 0 Å². The van der Waals surface area contributed by atoms with Gasteiger partial charge in [0, 0.05) is 36.9 Å². The average Bonchev–Trinajstić information content (AvgIpc) is 3.09. The van der Waals surface area contributed by atoms with Crippen molar-refractivity contribution in [3.8, 4) is 5.75 Å². The zero-order chi connectivity index (χ0) is 22.5. The highest BCUT2D eigenvalue weighted by atomic mass is 16.5. The number of ketones is 1. The summed E-state index contributed by atoms with van der Waals surface area (Å²) in [6.45, 7) is 4.13. The molecule has 0 aliphatic carbocycles. The van der Waals surface area contributed by atoms with Crippen molar-refractivity contribution in [2.24, 2.45) is 0 Å². The first-order valence-corrected chi connectivity index (χ1v) is 10.0. The van der Waals surface area contributed by atoms with Gasteiger partial charge in [0.15, 0.2) is 0 Å². The lowest BCUT2D eigenvalue weighted by Crippen LogP contribution is -2.29. The van der Waals surface area contributed by atoms with E-state index in [2.05, 4.69) is 16.5 Å². The zero-order valence-electron chi connectivity index (χ0n) is 17.2. The largest absolute Gasteiger partial charge is 0.507 e. The number of hydrogen-bond acceptors (Lipinski definition) is 6. The zero-order valence-corrected chi connectivity index (χ0v) is 17.2. The molecule has 1 atom stereocenters. The van der Waals surface area contributed by atoms with E-state index in [0.29, 0.717) is 23.5 Å². The molecular weight excluding hydrogens is 406 g/mol. The molecule has 1 saturated heterocycles. The number of likely N-dealkylation sites (tertiary alicyclic amines) is 1. The second-order valence-electron chi connectivity index (χ2n) is 7.20. The molecule has 0 unspecified atom stereocenters. The van der Waals surface area contributed by atoms with E-state index >= 15 is 0 Å². The summed E-state index contributed by atoms with van der Waals surface area (Å²) in [5.74, 6) is -1.08. The fraction of sp³-hybridized carbons (Fsp3) is 0.120. The molecule has 32 heavy (non-hydrogen) atoms. The number of hydrogen-bond donors (Lipinski definition) is 1. The summed E-state index contributed by atoms with van der Waals surface area (Å²) in [6, 6.07) is 13.0. The van der Waals surface area contributed by atoms with Crippen molar-refractivity contribution in [3.63, 3.8) is 0 Å². The number of aliphatic hydroxyl groups excluding tert-OH is 1. The number of rotatable bonds is 7. The van der Waals surface area contributed by atoms with Crippen LogP contribution in [-0.4, -0.2) is 38.3 Å². The van der Waals surface area contributed by atoms with Crippen molar-refractivity contribution in [3.05, 3.63) is 108 Å². The number of carbonyl (C=O) groups excluding carboxylic acids is 2. The number of nitrogens with zero attached hydrogens (tertiary/aromatic N) is 3. The summed E-state index contributed by atoms with van der Waals surface area (Å²) >= 11 is 0. The molecule has 0 saturated carbocycles. The van der Waals surface area contributed by atoms with Gasteiger partial charge in [-0.05, 0) is 47.5 Å². The van der Waals surface area contributed by atoms with Crippen LogP contribution in [-0.2, 0) is 16.1 Å². The Bertz CT molecular complexity index is 1160. The van der Waals surface area contributed by atoms with E-state index < -0.39 is 17.7 Å². The Balaban J connectivity index is 1.77. The van der Waals surface area contributed by atoms with Gasteiger partial charge in [0.25, 0.3) is 11.7 Å². The highest BCUT2D eigenvalue weighted by molar-refractivity contribution is 6.46. The molecule has 160 valence electrons. The van der Waals surface area contributed by atoms with E-state index in [-0.39, 0.29) is 17.9 Å². The number of amides is 1. The van der Waals surface area contributed by atoms with E-state index in [9.17, 15) is 14.7 Å². The second-order valence-corrected chi connectivity index (χ2v) is 7.20. The minimum absolute atomic E-state index is 0.0200. The monoisotopic (exact) mass is 427 g/mol. The van der Waals surface area contributed by atoms with Crippen molar-refractivity contribution in [2.45, 2.75) is 12.6 Å². The fourth-order valence-electron chi connectivity index (χ4n) is 3.64. The maximum Gasteiger partial charge on any atom is 0.295 e. The van der Waals surface area contributed by atoms with Crippen LogP contribution in [0.4, 0.5) is 0 Å². The van der Waals surface area contributed by atoms with Crippen molar-refractivity contribution < 1.29 is 19.4 Å². The molecule has 4 rings (SSSR count). The van der Waals surface area contributed by atoms with Crippen molar-refractivity contribution in [2.75, 3.05) is 6.61 Å². The molecule has 1 N–H and O–H groups in total. The van der Waals surface area contributed by atoms with E-state index in [1.54, 1.807) is 73.3 Å². The molecule has 3 heterocycles. The molecule has 1 amide bonds. The van der Waals surface area contributed by atoms with Crippen LogP contribution in [0.1, 0.15) is 22.7 Å². The smallest absolute Gasteiger partial charge is 0.295 e. The van der Waals surface area contributed by atoms with Gasteiger partial charge < -0.3 is 14.7 Å². The van der Waals surface area contributed by atoms with Crippen LogP contribution in [0.25, 0.3) is 5.76 Å². The highest BCUT2D eigenvalue weighted by Crippen LogP contribution is 2.40. The van der Waals surface area contributed by atoms with Gasteiger partial charge in [-0.15, -0.1) is 0 Å². The molecule has 1 fully saturated rings. The maximum atomic E-state index is 13.0. The lowest BCUT2D eigenvalue weighted by atomic mass is 9.96. The van der Waals surface area contributed by atoms with Gasteiger partial charge in [-0.3, -0.25) is 19.6 Å². The number of ether oxygens (including phenoxy) is 1. The Morgan fingerprint density at radius 2 is 1.78 bits per heavy atom. The summed E-state index contributed by atoms with van der Waals surface area (Å²) in [4.78, 5) is 35.7. The van der Waals surface area contributed by atoms with Gasteiger partial charge in [0.2, 0.25) is 0 Å². The molecular formula is C25H21N3O4. The first-order chi connectivity index (χ1) is 15.6. The van der Waals surface area contributed by atoms with Gasteiger partial charge in [-0.25, -0.2) is 0 Å². The minimum atomic E-state index is -0.777. The number of carbonyl (C=O) groups is 2. The third-order valence-electron chi connectivity index (χ3n) is 5.11. The van der Waals surface area contributed by atoms with Crippen LogP contribution in [0, 0.1) is 0 Å². The summed E-state index contributed by atoms with van der Waals surface area (Å²) < 4.78 is 5.47. The SMILES string of the molecule is C=CCOc1ccc(C(O)=C2C(=O)C(=O)N(Cc3cccnc3)[C@@H]2c2cccnc2)cc1. The number of aromatic nitrogens is 2. The topological polar surface area (TPSA) is 92.6 Å². The van der Waals surface area contributed by atoms with Crippen LogP contribution < -0.4 is 4.74 Å². The van der Waals surface area contributed by atoms with E-state index in [0.717, 1.165) is 5.56 Å². The Morgan fingerprint density at radius 3 is 2.41 bits per heavy atom. The standard InChI is InChI=1S/C25H21N3O4/c1-2-13-32-20-9-7-18(8-10-20)23(29)21-22(19-6-4-12-27-15-19)28(25(31)24(21)30)16-17-5-3-11-26-14-17/h2-12,14-15,22,29H,1,13,16H2/t22-/m1/s1. The number of benzene rings is 1. The van der Waals surface area contributed by atoms with Crippen LogP contribution in [0.3, 0.4) is 0 Å². The van der Waals surface area contributed by atoms with Crippen molar-refractivity contribution >= 4 is 17.4 Å². The summed E-state index contributed by atoms with van der Waals surface area (Å²) in [6.07, 6.45) is 8.11. The number of Topliss-reactive ketones (excluding diaryl/α,β-unsaturated/α-hetero) is 1. The Kier molecular flexibility index (Phi) is 6.07. The number of aliphatic hydroxyl groups is 1. The van der Waals surface area contributed by atoms with Crippen LogP contribution in [0.5, 0.6) is 5.75 Å². The van der Waals surface area contributed by atoms with Gasteiger partial charge in [-0.2, -0.15) is 0 Å². The van der Waals surface area contributed by atoms with Crippen molar-refractivity contribution in [1.82, 2.24) is 14.9 Å². The second kappa shape index (κ2) is 9.26. The molecule has 1 aliphatic heterocycles. The lowest BCUT2D eigenvalue weighted by molar-refractivity contribution is -0.140.